The highest BCUT2D eigenvalue weighted by Gasteiger charge is 2.23. The fourth-order valence-corrected chi connectivity index (χ4v) is 3.61. The topological polar surface area (TPSA) is 46.2 Å². The van der Waals surface area contributed by atoms with Crippen LogP contribution in [0.25, 0.3) is 0 Å². The fourth-order valence-electron chi connectivity index (χ4n) is 1.75. The molecule has 16 heavy (non-hydrogen) atoms. The molecule has 1 aliphatic heterocycles. The molecule has 6 heteroatoms. The smallest absolute Gasteiger partial charge is 0.209 e. The first kappa shape index (κ1) is 11.9. The molecule has 0 aromatic heterocycles. The van der Waals surface area contributed by atoms with Gasteiger partial charge in [-0.15, -0.1) is 11.8 Å². The zero-order chi connectivity index (χ0) is 11.8. The molecule has 0 aliphatic carbocycles. The molecule has 3 nitrogen and oxygen atoms in total. The second-order valence-electron chi connectivity index (χ2n) is 3.76. The molecule has 0 radical (unpaired) electrons. The summed E-state index contributed by atoms with van der Waals surface area (Å²) < 4.78 is 38.0. The van der Waals surface area contributed by atoms with E-state index in [2.05, 4.69) is 4.72 Å². The van der Waals surface area contributed by atoms with Crippen molar-refractivity contribution in [3.8, 4) is 0 Å². The molecule has 1 aliphatic rings. The molecule has 1 atom stereocenters. The van der Waals surface area contributed by atoms with E-state index >= 15 is 0 Å². The molecule has 2 rings (SSSR count). The quantitative estimate of drug-likeness (QED) is 0.884. The Morgan fingerprint density at radius 2 is 2.25 bits per heavy atom. The number of halogens is 1. The van der Waals surface area contributed by atoms with Gasteiger partial charge in [0.15, 0.2) is 0 Å². The van der Waals surface area contributed by atoms with Crippen molar-refractivity contribution in [3.05, 3.63) is 29.6 Å². The predicted molar refractivity (Wildman–Crippen MR) is 62.5 cm³/mol. The Balaban J connectivity index is 2.35. The zero-order valence-corrected chi connectivity index (χ0v) is 10.4. The molecule has 0 fully saturated rings. The van der Waals surface area contributed by atoms with E-state index in [-0.39, 0.29) is 11.9 Å². The lowest BCUT2D eigenvalue weighted by Crippen LogP contribution is -2.29. The Bertz CT molecular complexity index is 502. The third kappa shape index (κ3) is 2.75. The summed E-state index contributed by atoms with van der Waals surface area (Å²) in [6, 6.07) is 4.20. The molecule has 1 aromatic carbocycles. The lowest BCUT2D eigenvalue weighted by Gasteiger charge is -2.25. The summed E-state index contributed by atoms with van der Waals surface area (Å²) in [4.78, 5) is 0.953. The summed E-state index contributed by atoms with van der Waals surface area (Å²) in [6.45, 7) is 0. The van der Waals surface area contributed by atoms with E-state index in [0.29, 0.717) is 6.42 Å². The third-order valence-electron chi connectivity index (χ3n) is 2.37. The average molecular weight is 261 g/mol. The van der Waals surface area contributed by atoms with Crippen LogP contribution in [0.3, 0.4) is 0 Å². The van der Waals surface area contributed by atoms with Crippen LogP contribution in [0.15, 0.2) is 23.1 Å². The van der Waals surface area contributed by atoms with Gasteiger partial charge in [0.05, 0.1) is 6.26 Å². The van der Waals surface area contributed by atoms with Crippen LogP contribution in [-0.2, 0) is 10.0 Å². The Labute approximate surface area is 98.5 Å². The van der Waals surface area contributed by atoms with Gasteiger partial charge in [-0.2, -0.15) is 0 Å². The molecule has 0 saturated heterocycles. The van der Waals surface area contributed by atoms with Gasteiger partial charge < -0.3 is 0 Å². The Morgan fingerprint density at radius 3 is 2.94 bits per heavy atom. The van der Waals surface area contributed by atoms with Crippen molar-refractivity contribution >= 4 is 21.8 Å². The maximum atomic E-state index is 13.1. The maximum absolute atomic E-state index is 13.1. The van der Waals surface area contributed by atoms with Crippen molar-refractivity contribution in [3.63, 3.8) is 0 Å². The normalized spacial score (nSPS) is 20.5. The van der Waals surface area contributed by atoms with Crippen molar-refractivity contribution in [1.82, 2.24) is 4.72 Å². The van der Waals surface area contributed by atoms with Crippen molar-refractivity contribution in [2.75, 3.05) is 12.0 Å². The van der Waals surface area contributed by atoms with E-state index in [4.69, 9.17) is 0 Å². The molecular formula is C10H12FNO2S2. The van der Waals surface area contributed by atoms with Crippen LogP contribution in [0, 0.1) is 5.82 Å². The maximum Gasteiger partial charge on any atom is 0.209 e. The minimum absolute atomic E-state index is 0.304. The molecule has 88 valence electrons. The number of hydrogen-bond donors (Lipinski definition) is 1. The Morgan fingerprint density at radius 1 is 1.50 bits per heavy atom. The summed E-state index contributed by atoms with van der Waals surface area (Å²) in [5, 5.41) is 0. The highest BCUT2D eigenvalue weighted by molar-refractivity contribution is 7.99. The highest BCUT2D eigenvalue weighted by Crippen LogP contribution is 2.36. The molecular weight excluding hydrogens is 249 g/mol. The first-order valence-corrected chi connectivity index (χ1v) is 7.73. The molecule has 1 aromatic rings. The third-order valence-corrected chi connectivity index (χ3v) is 4.20. The summed E-state index contributed by atoms with van der Waals surface area (Å²) in [7, 11) is -3.26. The minimum Gasteiger partial charge on any atom is -0.213 e. The summed E-state index contributed by atoms with van der Waals surface area (Å²) in [5.41, 5.74) is 0.738. The van der Waals surface area contributed by atoms with E-state index in [1.54, 1.807) is 17.8 Å². The summed E-state index contributed by atoms with van der Waals surface area (Å²) in [5.74, 6) is 0.507. The van der Waals surface area contributed by atoms with Crippen molar-refractivity contribution < 1.29 is 12.8 Å². The SMILES string of the molecule is CS(=O)(=O)N[C@@H]1CCSc2ccc(F)cc21. The van der Waals surface area contributed by atoms with Gasteiger partial charge in [0.25, 0.3) is 0 Å². The molecule has 1 heterocycles. The second-order valence-corrected chi connectivity index (χ2v) is 6.68. The van der Waals surface area contributed by atoms with Crippen LogP contribution in [0.2, 0.25) is 0 Å². The highest BCUT2D eigenvalue weighted by atomic mass is 32.2. The largest absolute Gasteiger partial charge is 0.213 e. The van der Waals surface area contributed by atoms with Gasteiger partial charge in [-0.05, 0) is 35.9 Å². The lowest BCUT2D eigenvalue weighted by molar-refractivity contribution is 0.546. The van der Waals surface area contributed by atoms with Gasteiger partial charge in [0.1, 0.15) is 5.82 Å². The lowest BCUT2D eigenvalue weighted by atomic mass is 10.0. The van der Waals surface area contributed by atoms with Crippen LogP contribution < -0.4 is 4.72 Å². The Kier molecular flexibility index (Phi) is 3.23. The first-order valence-electron chi connectivity index (χ1n) is 4.85. The molecule has 0 unspecified atom stereocenters. The van der Waals surface area contributed by atoms with Gasteiger partial charge in [-0.25, -0.2) is 17.5 Å². The number of rotatable bonds is 2. The summed E-state index contributed by atoms with van der Waals surface area (Å²) in [6.07, 6.45) is 1.81. The summed E-state index contributed by atoms with van der Waals surface area (Å²) >= 11 is 1.63. The minimum atomic E-state index is -3.26. The van der Waals surface area contributed by atoms with E-state index < -0.39 is 10.0 Å². The monoisotopic (exact) mass is 261 g/mol. The molecule has 1 N–H and O–H groups in total. The Hall–Kier alpha value is -0.590. The standard InChI is InChI=1S/C10H12FNO2S2/c1-16(13,14)12-9-4-5-15-10-3-2-7(11)6-8(9)10/h2-3,6,9,12H,4-5H2,1H3/t9-/m1/s1. The number of benzene rings is 1. The van der Waals surface area contributed by atoms with Gasteiger partial charge in [-0.3, -0.25) is 0 Å². The van der Waals surface area contributed by atoms with Crippen molar-refractivity contribution in [2.45, 2.75) is 17.4 Å². The number of fused-ring (bicyclic) bond motifs is 1. The van der Waals surface area contributed by atoms with Crippen molar-refractivity contribution in [1.29, 1.82) is 0 Å². The fraction of sp³-hybridized carbons (Fsp3) is 0.400. The zero-order valence-electron chi connectivity index (χ0n) is 8.73. The second kappa shape index (κ2) is 4.35. The van der Waals surface area contributed by atoms with Gasteiger partial charge in [-0.1, -0.05) is 0 Å². The van der Waals surface area contributed by atoms with E-state index in [9.17, 15) is 12.8 Å². The molecule has 0 amide bonds. The van der Waals surface area contributed by atoms with Gasteiger partial charge >= 0.3 is 0 Å². The molecule has 0 saturated carbocycles. The van der Waals surface area contributed by atoms with Crippen LogP contribution in [0.1, 0.15) is 18.0 Å². The van der Waals surface area contributed by atoms with Crippen LogP contribution >= 0.6 is 11.8 Å². The molecule has 0 spiro atoms. The average Bonchev–Trinajstić information content (AvgIpc) is 2.17. The van der Waals surface area contributed by atoms with E-state index in [1.807, 2.05) is 0 Å². The number of hydrogen-bond acceptors (Lipinski definition) is 3. The number of thioether (sulfide) groups is 1. The molecule has 0 bridgehead atoms. The van der Waals surface area contributed by atoms with Crippen molar-refractivity contribution in [2.24, 2.45) is 0 Å². The van der Waals surface area contributed by atoms with Crippen LogP contribution in [0.4, 0.5) is 4.39 Å². The first-order chi connectivity index (χ1) is 7.46. The van der Waals surface area contributed by atoms with E-state index in [1.165, 1.54) is 12.1 Å². The predicted octanol–water partition coefficient (Wildman–Crippen LogP) is 1.91. The van der Waals surface area contributed by atoms with Crippen LogP contribution in [-0.4, -0.2) is 20.4 Å². The number of sulfonamides is 1. The number of nitrogens with one attached hydrogen (secondary N) is 1. The van der Waals surface area contributed by atoms with E-state index in [0.717, 1.165) is 22.5 Å². The van der Waals surface area contributed by atoms with Gasteiger partial charge in [0.2, 0.25) is 10.0 Å². The van der Waals surface area contributed by atoms with Gasteiger partial charge in [0, 0.05) is 10.9 Å². The van der Waals surface area contributed by atoms with Crippen LogP contribution in [0.5, 0.6) is 0 Å².